The molecule has 76 valence electrons. The van der Waals surface area contributed by atoms with Crippen molar-refractivity contribution >= 4 is 17.4 Å². The van der Waals surface area contributed by atoms with Crippen molar-refractivity contribution in [3.05, 3.63) is 34.6 Å². The molecule has 0 unspecified atom stereocenters. The quantitative estimate of drug-likeness (QED) is 0.830. The van der Waals surface area contributed by atoms with Gasteiger partial charge in [-0.3, -0.25) is 4.79 Å². The number of Topliss-reactive ketones (excluding diaryl/α,β-unsaturated/α-hetero) is 1. The maximum Gasteiger partial charge on any atom is 0.151 e. The third-order valence-corrected chi connectivity index (χ3v) is 2.13. The topological polar surface area (TPSA) is 29.1 Å². The van der Waals surface area contributed by atoms with Crippen molar-refractivity contribution in [2.24, 2.45) is 0 Å². The average Bonchev–Trinajstić information content (AvgIpc) is 2.10. The Hall–Kier alpha value is -0.930. The maximum atomic E-state index is 12.7. The van der Waals surface area contributed by atoms with Gasteiger partial charge in [0, 0.05) is 11.4 Å². The van der Waals surface area contributed by atoms with Gasteiger partial charge in [0.15, 0.2) is 5.78 Å². The minimum Gasteiger partial charge on any atom is -0.313 e. The molecule has 1 N–H and O–H groups in total. The molecular weight excluding hydrogens is 205 g/mol. The van der Waals surface area contributed by atoms with E-state index in [4.69, 9.17) is 11.6 Å². The van der Waals surface area contributed by atoms with Crippen LogP contribution in [0.15, 0.2) is 18.2 Å². The van der Waals surface area contributed by atoms with Crippen LogP contribution in [-0.2, 0) is 11.2 Å². The van der Waals surface area contributed by atoms with Gasteiger partial charge in [-0.2, -0.15) is 0 Å². The van der Waals surface area contributed by atoms with E-state index in [0.29, 0.717) is 17.1 Å². The molecule has 0 aliphatic rings. The summed E-state index contributed by atoms with van der Waals surface area (Å²) in [6, 6.07) is 4.04. The molecule has 0 radical (unpaired) electrons. The molecule has 1 rings (SSSR count). The summed E-state index contributed by atoms with van der Waals surface area (Å²) in [4.78, 5) is 11.2. The fourth-order valence-corrected chi connectivity index (χ4v) is 1.37. The van der Waals surface area contributed by atoms with E-state index < -0.39 is 0 Å². The van der Waals surface area contributed by atoms with E-state index >= 15 is 0 Å². The van der Waals surface area contributed by atoms with Crippen molar-refractivity contribution < 1.29 is 9.18 Å². The summed E-state index contributed by atoms with van der Waals surface area (Å²) < 4.78 is 12.7. The first kappa shape index (κ1) is 11.1. The van der Waals surface area contributed by atoms with Gasteiger partial charge in [-0.1, -0.05) is 17.7 Å². The van der Waals surface area contributed by atoms with Gasteiger partial charge in [0.1, 0.15) is 5.82 Å². The molecule has 0 aromatic heterocycles. The zero-order valence-corrected chi connectivity index (χ0v) is 8.57. The number of halogens is 2. The molecular formula is C10H11ClFNO. The Balaban J connectivity index is 2.72. The number of carbonyl (C=O) groups is 1. The number of hydrogen-bond donors (Lipinski definition) is 1. The molecule has 1 aromatic carbocycles. The zero-order chi connectivity index (χ0) is 10.6. The predicted octanol–water partition coefficient (Wildman–Crippen LogP) is 1.81. The summed E-state index contributed by atoms with van der Waals surface area (Å²) in [5.74, 6) is -0.360. The third-order valence-electron chi connectivity index (χ3n) is 1.78. The summed E-state index contributed by atoms with van der Waals surface area (Å²) in [5, 5.41) is 3.05. The largest absolute Gasteiger partial charge is 0.313 e. The first-order valence-corrected chi connectivity index (χ1v) is 4.61. The lowest BCUT2D eigenvalue weighted by Gasteiger charge is -2.03. The number of nitrogens with one attached hydrogen (secondary N) is 1. The van der Waals surface area contributed by atoms with Gasteiger partial charge >= 0.3 is 0 Å². The Kier molecular flexibility index (Phi) is 4.04. The Bertz CT molecular complexity index is 341. The molecule has 0 aliphatic carbocycles. The second kappa shape index (κ2) is 5.08. The molecule has 0 bridgehead atoms. The van der Waals surface area contributed by atoms with Gasteiger partial charge in [-0.25, -0.2) is 4.39 Å². The van der Waals surface area contributed by atoms with Gasteiger partial charge in [0.05, 0.1) is 6.54 Å². The van der Waals surface area contributed by atoms with Crippen LogP contribution >= 0.6 is 11.6 Å². The van der Waals surface area contributed by atoms with Crippen molar-refractivity contribution in [3.8, 4) is 0 Å². The molecule has 0 amide bonds. The van der Waals surface area contributed by atoms with Gasteiger partial charge in [0.25, 0.3) is 0 Å². The number of carbonyl (C=O) groups excluding carboxylic acids is 1. The van der Waals surface area contributed by atoms with Crippen molar-refractivity contribution in [2.75, 3.05) is 13.6 Å². The summed E-state index contributed by atoms with van der Waals surface area (Å²) in [6.07, 6.45) is 0.236. The SMILES string of the molecule is CNCC(=O)Cc1ccc(F)cc1Cl. The normalized spacial score (nSPS) is 10.2. The van der Waals surface area contributed by atoms with Gasteiger partial charge in [-0.05, 0) is 24.7 Å². The first-order valence-electron chi connectivity index (χ1n) is 4.23. The first-order chi connectivity index (χ1) is 6.63. The smallest absolute Gasteiger partial charge is 0.151 e. The van der Waals surface area contributed by atoms with E-state index in [1.807, 2.05) is 0 Å². The Labute approximate surface area is 87.1 Å². The minimum absolute atomic E-state index is 0.0287. The third kappa shape index (κ3) is 3.09. The highest BCUT2D eigenvalue weighted by Gasteiger charge is 2.06. The Morgan fingerprint density at radius 1 is 1.57 bits per heavy atom. The molecule has 0 saturated heterocycles. The molecule has 4 heteroatoms. The summed E-state index contributed by atoms with van der Waals surface area (Å²) in [7, 11) is 1.70. The van der Waals surface area contributed by atoms with Crippen LogP contribution in [0.3, 0.4) is 0 Å². The molecule has 0 atom stereocenters. The predicted molar refractivity (Wildman–Crippen MR) is 54.0 cm³/mol. The van der Waals surface area contributed by atoms with E-state index in [1.54, 1.807) is 7.05 Å². The Morgan fingerprint density at radius 2 is 2.29 bits per heavy atom. The van der Waals surface area contributed by atoms with Crippen LogP contribution in [0.25, 0.3) is 0 Å². The second-order valence-corrected chi connectivity index (χ2v) is 3.39. The van der Waals surface area contributed by atoms with Crippen LogP contribution in [0.4, 0.5) is 4.39 Å². The van der Waals surface area contributed by atoms with Crippen molar-refractivity contribution in [3.63, 3.8) is 0 Å². The van der Waals surface area contributed by atoms with Crippen LogP contribution in [0.2, 0.25) is 5.02 Å². The van der Waals surface area contributed by atoms with Crippen LogP contribution in [0.1, 0.15) is 5.56 Å². The average molecular weight is 216 g/mol. The van der Waals surface area contributed by atoms with Crippen molar-refractivity contribution in [2.45, 2.75) is 6.42 Å². The zero-order valence-electron chi connectivity index (χ0n) is 7.81. The highest BCUT2D eigenvalue weighted by Crippen LogP contribution is 2.17. The Morgan fingerprint density at radius 3 is 2.86 bits per heavy atom. The van der Waals surface area contributed by atoms with E-state index in [-0.39, 0.29) is 18.0 Å². The lowest BCUT2D eigenvalue weighted by molar-refractivity contribution is -0.117. The maximum absolute atomic E-state index is 12.7. The van der Waals surface area contributed by atoms with Crippen LogP contribution in [0, 0.1) is 5.82 Å². The monoisotopic (exact) mass is 215 g/mol. The summed E-state index contributed by atoms with van der Waals surface area (Å²) in [6.45, 7) is 0.299. The molecule has 2 nitrogen and oxygen atoms in total. The van der Waals surface area contributed by atoms with Crippen LogP contribution < -0.4 is 5.32 Å². The van der Waals surface area contributed by atoms with Gasteiger partial charge in [-0.15, -0.1) is 0 Å². The number of rotatable bonds is 4. The molecule has 0 heterocycles. The fraction of sp³-hybridized carbons (Fsp3) is 0.300. The van der Waals surface area contributed by atoms with Gasteiger partial charge < -0.3 is 5.32 Å². The van der Waals surface area contributed by atoms with Crippen LogP contribution in [-0.4, -0.2) is 19.4 Å². The van der Waals surface area contributed by atoms with E-state index in [9.17, 15) is 9.18 Å². The molecule has 14 heavy (non-hydrogen) atoms. The van der Waals surface area contributed by atoms with E-state index in [0.717, 1.165) is 0 Å². The number of ketones is 1. The fourth-order valence-electron chi connectivity index (χ4n) is 1.14. The van der Waals surface area contributed by atoms with Crippen molar-refractivity contribution in [1.82, 2.24) is 5.32 Å². The standard InChI is InChI=1S/C10H11ClFNO/c1-13-6-9(14)4-7-2-3-8(12)5-10(7)11/h2-3,5,13H,4,6H2,1H3. The summed E-state index contributed by atoms with van der Waals surface area (Å²) >= 11 is 5.76. The molecule has 0 spiro atoms. The lowest BCUT2D eigenvalue weighted by Crippen LogP contribution is -2.20. The molecule has 0 aliphatic heterocycles. The summed E-state index contributed by atoms with van der Waals surface area (Å²) in [5.41, 5.74) is 0.660. The van der Waals surface area contributed by atoms with E-state index in [2.05, 4.69) is 5.32 Å². The lowest BCUT2D eigenvalue weighted by atomic mass is 10.1. The molecule has 1 aromatic rings. The molecule has 0 saturated carbocycles. The van der Waals surface area contributed by atoms with Gasteiger partial charge in [0.2, 0.25) is 0 Å². The molecule has 0 fully saturated rings. The highest BCUT2D eigenvalue weighted by atomic mass is 35.5. The number of likely N-dealkylation sites (N-methyl/N-ethyl adjacent to an activating group) is 1. The number of benzene rings is 1. The highest BCUT2D eigenvalue weighted by molar-refractivity contribution is 6.31. The second-order valence-electron chi connectivity index (χ2n) is 2.98. The number of hydrogen-bond acceptors (Lipinski definition) is 2. The van der Waals surface area contributed by atoms with Crippen molar-refractivity contribution in [1.29, 1.82) is 0 Å². The minimum atomic E-state index is -0.389. The van der Waals surface area contributed by atoms with E-state index in [1.165, 1.54) is 18.2 Å². The van der Waals surface area contributed by atoms with Crippen LogP contribution in [0.5, 0.6) is 0 Å².